The highest BCUT2D eigenvalue weighted by molar-refractivity contribution is 6.69. The van der Waals surface area contributed by atoms with Gasteiger partial charge in [-0.3, -0.25) is 0 Å². The van der Waals surface area contributed by atoms with Gasteiger partial charge in [-0.1, -0.05) is 32.3 Å². The molecule has 14 heavy (non-hydrogen) atoms. The summed E-state index contributed by atoms with van der Waals surface area (Å²) in [6.07, 6.45) is 8.51. The van der Waals surface area contributed by atoms with Crippen molar-refractivity contribution in [1.82, 2.24) is 0 Å². The van der Waals surface area contributed by atoms with Gasteiger partial charge in [-0.05, 0) is 32.5 Å². The molecule has 0 aromatic rings. The van der Waals surface area contributed by atoms with Crippen LogP contribution in [-0.4, -0.2) is 14.4 Å². The molecule has 0 saturated heterocycles. The maximum atomic E-state index is 6.09. The van der Waals surface area contributed by atoms with Crippen LogP contribution in [0.3, 0.4) is 0 Å². The van der Waals surface area contributed by atoms with Crippen LogP contribution in [0.4, 0.5) is 0 Å². The average molecular weight is 214 g/mol. The van der Waals surface area contributed by atoms with Crippen LogP contribution in [0.1, 0.15) is 39.0 Å². The van der Waals surface area contributed by atoms with Crippen molar-refractivity contribution in [2.45, 2.75) is 64.8 Å². The van der Waals surface area contributed by atoms with Crippen LogP contribution < -0.4 is 0 Å². The number of hydrogen-bond acceptors (Lipinski definition) is 1. The Bertz CT molecular complexity index is 149. The first-order valence-corrected chi connectivity index (χ1v) is 9.19. The monoisotopic (exact) mass is 214 g/mol. The van der Waals surface area contributed by atoms with Crippen LogP contribution >= 0.6 is 0 Å². The van der Waals surface area contributed by atoms with Crippen molar-refractivity contribution >= 4 is 8.32 Å². The minimum absolute atomic E-state index is 0.422. The first kappa shape index (κ1) is 13.9. The lowest BCUT2D eigenvalue weighted by Gasteiger charge is -2.25. The lowest BCUT2D eigenvalue weighted by atomic mass is 10.1. The van der Waals surface area contributed by atoms with Crippen LogP contribution in [0.15, 0.2) is 12.7 Å². The zero-order valence-corrected chi connectivity index (χ0v) is 11.3. The molecule has 0 spiro atoms. The van der Waals surface area contributed by atoms with Crippen LogP contribution in [0, 0.1) is 0 Å². The van der Waals surface area contributed by atoms with Crippen LogP contribution in [-0.2, 0) is 4.43 Å². The van der Waals surface area contributed by atoms with Crippen molar-refractivity contribution in [2.24, 2.45) is 0 Å². The lowest BCUT2D eigenvalue weighted by Crippen LogP contribution is -2.31. The molecule has 0 N–H and O–H groups in total. The molecule has 0 aliphatic heterocycles. The Labute approximate surface area is 90.7 Å². The minimum atomic E-state index is -1.37. The van der Waals surface area contributed by atoms with Gasteiger partial charge in [-0.25, -0.2) is 0 Å². The van der Waals surface area contributed by atoms with E-state index in [4.69, 9.17) is 4.43 Å². The summed E-state index contributed by atoms with van der Waals surface area (Å²) in [5.74, 6) is 0. The second kappa shape index (κ2) is 7.24. The summed E-state index contributed by atoms with van der Waals surface area (Å²) < 4.78 is 6.09. The highest BCUT2D eigenvalue weighted by atomic mass is 28.4. The molecular weight excluding hydrogens is 188 g/mol. The molecule has 0 aromatic heterocycles. The molecule has 0 saturated carbocycles. The molecule has 0 aliphatic carbocycles. The van der Waals surface area contributed by atoms with E-state index in [0.29, 0.717) is 6.10 Å². The third-order valence-corrected chi connectivity index (χ3v) is 3.12. The summed E-state index contributed by atoms with van der Waals surface area (Å²) in [4.78, 5) is 0. The van der Waals surface area contributed by atoms with Crippen LogP contribution in [0.2, 0.25) is 19.6 Å². The van der Waals surface area contributed by atoms with Gasteiger partial charge < -0.3 is 4.43 Å². The molecule has 1 atom stereocenters. The molecule has 0 fully saturated rings. The maximum absolute atomic E-state index is 6.09. The fourth-order valence-corrected chi connectivity index (χ4v) is 2.75. The molecular formula is C12H26OSi. The largest absolute Gasteiger partial charge is 0.414 e. The number of hydrogen-bond donors (Lipinski definition) is 0. The molecule has 1 unspecified atom stereocenters. The number of rotatable bonds is 8. The Kier molecular flexibility index (Phi) is 7.20. The Balaban J connectivity index is 3.83. The second-order valence-electron chi connectivity index (χ2n) is 4.87. The van der Waals surface area contributed by atoms with Crippen LogP contribution in [0.25, 0.3) is 0 Å². The van der Waals surface area contributed by atoms with Gasteiger partial charge in [0.2, 0.25) is 0 Å². The van der Waals surface area contributed by atoms with Crippen molar-refractivity contribution in [2.75, 3.05) is 0 Å². The minimum Gasteiger partial charge on any atom is -0.414 e. The van der Waals surface area contributed by atoms with Crippen molar-refractivity contribution in [3.8, 4) is 0 Å². The topological polar surface area (TPSA) is 9.23 Å². The van der Waals surface area contributed by atoms with E-state index < -0.39 is 8.32 Å². The quantitative estimate of drug-likeness (QED) is 0.331. The molecule has 0 heterocycles. The SMILES string of the molecule is C=CCC(CCCCC)O[Si](C)(C)C. The van der Waals surface area contributed by atoms with E-state index in [2.05, 4.69) is 33.1 Å². The van der Waals surface area contributed by atoms with Gasteiger partial charge in [-0.2, -0.15) is 0 Å². The van der Waals surface area contributed by atoms with Gasteiger partial charge >= 0.3 is 0 Å². The summed E-state index contributed by atoms with van der Waals surface area (Å²) in [5, 5.41) is 0. The summed E-state index contributed by atoms with van der Waals surface area (Å²) >= 11 is 0. The lowest BCUT2D eigenvalue weighted by molar-refractivity contribution is 0.183. The number of unbranched alkanes of at least 4 members (excludes halogenated alkanes) is 2. The average Bonchev–Trinajstić information content (AvgIpc) is 2.02. The Morgan fingerprint density at radius 3 is 2.36 bits per heavy atom. The zero-order chi connectivity index (χ0) is 11.0. The van der Waals surface area contributed by atoms with Gasteiger partial charge in [0.05, 0.1) is 0 Å². The predicted octanol–water partition coefficient (Wildman–Crippen LogP) is 4.36. The predicted molar refractivity (Wildman–Crippen MR) is 67.2 cm³/mol. The molecule has 84 valence electrons. The van der Waals surface area contributed by atoms with Gasteiger partial charge in [0.15, 0.2) is 8.32 Å². The van der Waals surface area contributed by atoms with E-state index >= 15 is 0 Å². The summed E-state index contributed by atoms with van der Waals surface area (Å²) in [6, 6.07) is 0. The molecule has 2 heteroatoms. The highest BCUT2D eigenvalue weighted by Crippen LogP contribution is 2.16. The summed E-state index contributed by atoms with van der Waals surface area (Å²) in [5.41, 5.74) is 0. The van der Waals surface area contributed by atoms with Gasteiger partial charge in [-0.15, -0.1) is 6.58 Å². The summed E-state index contributed by atoms with van der Waals surface area (Å²) in [7, 11) is -1.37. The van der Waals surface area contributed by atoms with E-state index in [0.717, 1.165) is 6.42 Å². The first-order chi connectivity index (χ1) is 6.49. The van der Waals surface area contributed by atoms with Gasteiger partial charge in [0.1, 0.15) is 0 Å². The van der Waals surface area contributed by atoms with E-state index in [1.807, 2.05) is 6.08 Å². The molecule has 0 bridgehead atoms. The third kappa shape index (κ3) is 8.51. The standard InChI is InChI=1S/C12H26OSi/c1-6-8-9-11-12(10-7-2)13-14(3,4)5/h7,12H,2,6,8-11H2,1,3-5H3. The maximum Gasteiger partial charge on any atom is 0.184 e. The molecule has 1 nitrogen and oxygen atoms in total. The highest BCUT2D eigenvalue weighted by Gasteiger charge is 2.19. The van der Waals surface area contributed by atoms with E-state index in [1.165, 1.54) is 25.7 Å². The fourth-order valence-electron chi connectivity index (χ4n) is 1.53. The second-order valence-corrected chi connectivity index (χ2v) is 9.33. The van der Waals surface area contributed by atoms with Crippen molar-refractivity contribution in [3.05, 3.63) is 12.7 Å². The van der Waals surface area contributed by atoms with Crippen molar-refractivity contribution < 1.29 is 4.43 Å². The van der Waals surface area contributed by atoms with Crippen molar-refractivity contribution in [3.63, 3.8) is 0 Å². The van der Waals surface area contributed by atoms with Gasteiger partial charge in [0, 0.05) is 6.10 Å². The smallest absolute Gasteiger partial charge is 0.184 e. The van der Waals surface area contributed by atoms with E-state index in [1.54, 1.807) is 0 Å². The van der Waals surface area contributed by atoms with Gasteiger partial charge in [0.25, 0.3) is 0 Å². The Morgan fingerprint density at radius 2 is 1.93 bits per heavy atom. The molecule has 0 amide bonds. The van der Waals surface area contributed by atoms with E-state index in [9.17, 15) is 0 Å². The van der Waals surface area contributed by atoms with Crippen LogP contribution in [0.5, 0.6) is 0 Å². The summed E-state index contributed by atoms with van der Waals surface area (Å²) in [6.45, 7) is 12.8. The molecule has 0 radical (unpaired) electrons. The zero-order valence-electron chi connectivity index (χ0n) is 10.3. The fraction of sp³-hybridized carbons (Fsp3) is 0.833. The molecule has 0 aromatic carbocycles. The Hall–Kier alpha value is -0.0831. The molecule has 0 rings (SSSR count). The van der Waals surface area contributed by atoms with Crippen molar-refractivity contribution in [1.29, 1.82) is 0 Å². The van der Waals surface area contributed by atoms with E-state index in [-0.39, 0.29) is 0 Å². The third-order valence-electron chi connectivity index (χ3n) is 2.08. The molecule has 0 aliphatic rings. The normalized spacial score (nSPS) is 14.0. The Morgan fingerprint density at radius 1 is 1.29 bits per heavy atom. The first-order valence-electron chi connectivity index (χ1n) is 5.78.